The Labute approximate surface area is 214 Å². The normalized spacial score (nSPS) is 13.4. The molecule has 0 spiro atoms. The summed E-state index contributed by atoms with van der Waals surface area (Å²) in [5.41, 5.74) is -0.282. The zero-order valence-electron chi connectivity index (χ0n) is 15.7. The van der Waals surface area contributed by atoms with Gasteiger partial charge in [0.05, 0.1) is 5.56 Å². The van der Waals surface area contributed by atoms with Crippen molar-refractivity contribution in [1.29, 1.82) is 0 Å². The Balaban J connectivity index is 0.00000450. The molecule has 0 saturated carbocycles. The second-order valence-corrected chi connectivity index (χ2v) is 9.91. The standard InChI is InChI=1S/C17H18F3O7PS.K/c18-17(19,20)13-6-3-8-15(11-13)27-14-7-1-4-12(10-14)5-2-9-16(28(21,22)23)29(24,25)26;/h1,3-4,6-8,10-11,16H,2,5,9H2,(H2,21,22,23)(H,24,25,26);/q;+1/p-1. The summed E-state index contributed by atoms with van der Waals surface area (Å²) in [5.74, 6) is 0.195. The van der Waals surface area contributed by atoms with Crippen LogP contribution in [0.1, 0.15) is 24.0 Å². The molecule has 2 N–H and O–H groups in total. The van der Waals surface area contributed by atoms with Crippen LogP contribution in [-0.4, -0.2) is 27.7 Å². The van der Waals surface area contributed by atoms with E-state index in [1.54, 1.807) is 12.1 Å². The van der Waals surface area contributed by atoms with Crippen molar-refractivity contribution in [2.24, 2.45) is 0 Å². The fraction of sp³-hybridized carbons (Fsp3) is 0.294. The van der Waals surface area contributed by atoms with Crippen LogP contribution >= 0.6 is 7.60 Å². The predicted octanol–water partition coefficient (Wildman–Crippen LogP) is 0.873. The topological polar surface area (TPSA) is 124 Å². The molecule has 0 bridgehead atoms. The van der Waals surface area contributed by atoms with Crippen LogP contribution < -0.4 is 56.1 Å². The van der Waals surface area contributed by atoms with Gasteiger partial charge in [-0.3, -0.25) is 4.57 Å². The van der Waals surface area contributed by atoms with Gasteiger partial charge in [0.1, 0.15) is 21.6 Å². The van der Waals surface area contributed by atoms with Gasteiger partial charge in [-0.15, -0.1) is 0 Å². The van der Waals surface area contributed by atoms with Crippen molar-refractivity contribution in [3.63, 3.8) is 0 Å². The van der Waals surface area contributed by atoms with Crippen LogP contribution in [0, 0.1) is 0 Å². The zero-order valence-corrected chi connectivity index (χ0v) is 20.6. The van der Waals surface area contributed by atoms with E-state index in [4.69, 9.17) is 14.5 Å². The van der Waals surface area contributed by atoms with E-state index in [-0.39, 0.29) is 75.7 Å². The average Bonchev–Trinajstić information content (AvgIpc) is 2.56. The van der Waals surface area contributed by atoms with E-state index in [1.165, 1.54) is 24.3 Å². The summed E-state index contributed by atoms with van der Waals surface area (Å²) in [7, 11) is -10.3. The van der Waals surface area contributed by atoms with E-state index in [0.29, 0.717) is 5.56 Å². The number of alkyl halides is 3. The van der Waals surface area contributed by atoms with Gasteiger partial charge in [0.2, 0.25) is 0 Å². The van der Waals surface area contributed by atoms with Crippen molar-refractivity contribution in [1.82, 2.24) is 0 Å². The molecule has 160 valence electrons. The molecular weight excluding hydrogens is 475 g/mol. The van der Waals surface area contributed by atoms with E-state index < -0.39 is 40.9 Å². The van der Waals surface area contributed by atoms with Gasteiger partial charge in [-0.05, 0) is 55.2 Å². The minimum atomic E-state index is -5.17. The molecule has 2 rings (SSSR count). The van der Waals surface area contributed by atoms with Crippen molar-refractivity contribution in [3.05, 3.63) is 59.7 Å². The van der Waals surface area contributed by atoms with Gasteiger partial charge in [-0.2, -0.15) is 13.2 Å². The minimum absolute atomic E-state index is 0. The molecule has 2 aromatic carbocycles. The van der Waals surface area contributed by atoms with Gasteiger partial charge >= 0.3 is 65.2 Å². The largest absolute Gasteiger partial charge is 1.00 e. The molecule has 2 aromatic rings. The zero-order chi connectivity index (χ0) is 21.9. The summed E-state index contributed by atoms with van der Waals surface area (Å²) in [6.07, 6.45) is -4.89. The van der Waals surface area contributed by atoms with Crippen LogP contribution in [0.3, 0.4) is 0 Å². The molecule has 0 aromatic heterocycles. The van der Waals surface area contributed by atoms with Crippen LogP contribution in [0.2, 0.25) is 0 Å². The first-order valence-corrected chi connectivity index (χ1v) is 11.4. The third-order valence-electron chi connectivity index (χ3n) is 3.92. The maximum atomic E-state index is 12.8. The quantitative estimate of drug-likeness (QED) is 0.318. The minimum Gasteiger partial charge on any atom is -0.747 e. The molecule has 0 fully saturated rings. The summed E-state index contributed by atoms with van der Waals surface area (Å²) in [6.45, 7) is 0. The molecular formula is C17H17F3KO7PS. The van der Waals surface area contributed by atoms with Crippen molar-refractivity contribution in [2.75, 3.05) is 0 Å². The number of hydrogen-bond acceptors (Lipinski definition) is 5. The molecule has 1 unspecified atom stereocenters. The van der Waals surface area contributed by atoms with Gasteiger partial charge in [-0.1, -0.05) is 18.2 Å². The van der Waals surface area contributed by atoms with Crippen molar-refractivity contribution < 1.29 is 96.6 Å². The van der Waals surface area contributed by atoms with Crippen molar-refractivity contribution in [3.8, 4) is 11.5 Å². The van der Waals surface area contributed by atoms with Crippen LogP contribution in [0.25, 0.3) is 0 Å². The Morgan fingerprint density at radius 3 is 2.17 bits per heavy atom. The van der Waals surface area contributed by atoms with E-state index in [2.05, 4.69) is 0 Å². The summed E-state index contributed by atoms with van der Waals surface area (Å²) in [5, 5.41) is 0. The number of rotatable bonds is 8. The first-order chi connectivity index (χ1) is 13.3. The molecule has 13 heteroatoms. The van der Waals surface area contributed by atoms with Gasteiger partial charge in [-0.25, -0.2) is 8.42 Å². The van der Waals surface area contributed by atoms with Crippen LogP contribution in [0.15, 0.2) is 48.5 Å². The Hall–Kier alpha value is -0.274. The van der Waals surface area contributed by atoms with Crippen molar-refractivity contribution in [2.45, 2.75) is 30.4 Å². The molecule has 30 heavy (non-hydrogen) atoms. The molecule has 0 amide bonds. The maximum absolute atomic E-state index is 12.8. The molecule has 0 aliphatic heterocycles. The van der Waals surface area contributed by atoms with E-state index in [0.717, 1.165) is 12.1 Å². The fourth-order valence-corrected chi connectivity index (χ4v) is 4.92. The summed E-state index contributed by atoms with van der Waals surface area (Å²) in [6, 6.07) is 10.5. The van der Waals surface area contributed by atoms with Crippen LogP contribution in [0.4, 0.5) is 13.2 Å². The van der Waals surface area contributed by atoms with E-state index in [9.17, 15) is 30.7 Å². The number of benzene rings is 2. The molecule has 1 atom stereocenters. The Morgan fingerprint density at radius 1 is 1.07 bits per heavy atom. The SMILES string of the molecule is O=P(O)(O)C(CCCc1cccc(Oc2cccc(C(F)(F)F)c2)c1)S(=O)(=O)[O-].[K+]. The maximum Gasteiger partial charge on any atom is 1.00 e. The van der Waals surface area contributed by atoms with Gasteiger partial charge in [0.15, 0.2) is 4.99 Å². The van der Waals surface area contributed by atoms with Gasteiger partial charge < -0.3 is 19.1 Å². The molecule has 0 aliphatic rings. The third kappa shape index (κ3) is 8.69. The molecule has 0 saturated heterocycles. The summed E-state index contributed by atoms with van der Waals surface area (Å²) >= 11 is 0. The second kappa shape index (κ2) is 11.0. The molecule has 7 nitrogen and oxygen atoms in total. The average molecular weight is 492 g/mol. The monoisotopic (exact) mass is 492 g/mol. The smallest absolute Gasteiger partial charge is 0.747 e. The van der Waals surface area contributed by atoms with Crippen LogP contribution in [0.5, 0.6) is 11.5 Å². The molecule has 0 aliphatic carbocycles. The second-order valence-electron chi connectivity index (χ2n) is 6.20. The van der Waals surface area contributed by atoms with Gasteiger partial charge in [0, 0.05) is 0 Å². The van der Waals surface area contributed by atoms with Crippen LogP contribution in [-0.2, 0) is 27.3 Å². The Bertz CT molecular complexity index is 1010. The fourth-order valence-electron chi connectivity index (χ4n) is 2.60. The Kier molecular flexibility index (Phi) is 10.2. The molecule has 0 radical (unpaired) electrons. The van der Waals surface area contributed by atoms with E-state index in [1.807, 2.05) is 0 Å². The summed E-state index contributed by atoms with van der Waals surface area (Å²) < 4.78 is 88.0. The number of aryl methyl sites for hydroxylation is 1. The first kappa shape index (κ1) is 27.8. The van der Waals surface area contributed by atoms with E-state index >= 15 is 0 Å². The van der Waals surface area contributed by atoms with Gasteiger partial charge in [0.25, 0.3) is 0 Å². The summed E-state index contributed by atoms with van der Waals surface area (Å²) in [4.78, 5) is 15.7. The number of halogens is 3. The Morgan fingerprint density at radius 2 is 1.63 bits per heavy atom. The number of hydrogen-bond donors (Lipinski definition) is 2. The van der Waals surface area contributed by atoms with Crippen molar-refractivity contribution >= 4 is 17.7 Å². The predicted molar refractivity (Wildman–Crippen MR) is 96.4 cm³/mol. The first-order valence-electron chi connectivity index (χ1n) is 8.21. The third-order valence-corrected chi connectivity index (χ3v) is 7.43. The molecule has 0 heterocycles. The number of ether oxygens (including phenoxy) is 1.